The second-order valence-electron chi connectivity index (χ2n) is 4.83. The van der Waals surface area contributed by atoms with Crippen LogP contribution in [0.3, 0.4) is 0 Å². The first kappa shape index (κ1) is 15.9. The largest absolute Gasteiger partial charge is 0.399 e. The second kappa shape index (κ2) is 6.96. The third kappa shape index (κ3) is 4.22. The normalized spacial score (nSPS) is 10.4. The molecule has 0 fully saturated rings. The summed E-state index contributed by atoms with van der Waals surface area (Å²) in [6.07, 6.45) is 0.974. The highest BCUT2D eigenvalue weighted by molar-refractivity contribution is 9.10. The van der Waals surface area contributed by atoms with Gasteiger partial charge in [0.15, 0.2) is 0 Å². The number of nitrogen functional groups attached to an aromatic ring is 1. The Morgan fingerprint density at radius 2 is 2.05 bits per heavy atom. The van der Waals surface area contributed by atoms with Crippen molar-refractivity contribution in [3.63, 3.8) is 0 Å². The van der Waals surface area contributed by atoms with Gasteiger partial charge in [-0.3, -0.25) is 4.79 Å². The average molecular weight is 368 g/mol. The summed E-state index contributed by atoms with van der Waals surface area (Å²) in [4.78, 5) is 12.0. The fraction of sp³-hybridized carbons (Fsp3) is 0.188. The van der Waals surface area contributed by atoms with Crippen molar-refractivity contribution in [1.29, 1.82) is 0 Å². The number of para-hydroxylation sites is 1. The van der Waals surface area contributed by atoms with Crippen molar-refractivity contribution in [1.82, 2.24) is 0 Å². The molecule has 1 amide bonds. The molecule has 0 unspecified atom stereocenters. The maximum absolute atomic E-state index is 12.0. The highest BCUT2D eigenvalue weighted by atomic mass is 79.9. The number of nitrogens with one attached hydrogen (secondary N) is 1. The first-order valence-corrected chi connectivity index (χ1v) is 7.73. The Labute approximate surface area is 137 Å². The lowest BCUT2D eigenvalue weighted by Crippen LogP contribution is -2.13. The van der Waals surface area contributed by atoms with Gasteiger partial charge in [0.1, 0.15) is 0 Å². The number of nitrogens with two attached hydrogens (primary N) is 1. The third-order valence-corrected chi connectivity index (χ3v) is 4.26. The Hall–Kier alpha value is -1.52. The SMILES string of the molecule is Cc1cc(Br)c(NC(=O)CCc2ccccc2N)cc1Cl. The van der Waals surface area contributed by atoms with Gasteiger partial charge in [0.2, 0.25) is 5.91 Å². The molecule has 5 heteroatoms. The molecule has 21 heavy (non-hydrogen) atoms. The number of benzene rings is 2. The van der Waals surface area contributed by atoms with Gasteiger partial charge in [-0.1, -0.05) is 29.8 Å². The van der Waals surface area contributed by atoms with Gasteiger partial charge in [-0.2, -0.15) is 0 Å². The van der Waals surface area contributed by atoms with Crippen molar-refractivity contribution in [3.8, 4) is 0 Å². The van der Waals surface area contributed by atoms with E-state index in [1.165, 1.54) is 0 Å². The third-order valence-electron chi connectivity index (χ3n) is 3.20. The summed E-state index contributed by atoms with van der Waals surface area (Å²) in [5, 5.41) is 3.48. The minimum atomic E-state index is -0.0705. The number of carbonyl (C=O) groups excluding carboxylic acids is 1. The van der Waals surface area contributed by atoms with Crippen LogP contribution in [0.4, 0.5) is 11.4 Å². The molecular weight excluding hydrogens is 352 g/mol. The minimum Gasteiger partial charge on any atom is -0.399 e. The van der Waals surface area contributed by atoms with Gasteiger partial charge in [-0.15, -0.1) is 0 Å². The van der Waals surface area contributed by atoms with E-state index < -0.39 is 0 Å². The van der Waals surface area contributed by atoms with Gasteiger partial charge in [0, 0.05) is 21.6 Å². The van der Waals surface area contributed by atoms with Crippen molar-refractivity contribution >= 4 is 44.8 Å². The molecule has 2 rings (SSSR count). The standard InChI is InChI=1S/C16H16BrClN2O/c1-10-8-12(17)15(9-13(10)18)20-16(21)7-6-11-4-2-3-5-14(11)19/h2-5,8-9H,6-7,19H2,1H3,(H,20,21). The van der Waals surface area contributed by atoms with Crippen LogP contribution in [0.1, 0.15) is 17.5 Å². The molecule has 0 aliphatic carbocycles. The lowest BCUT2D eigenvalue weighted by molar-refractivity contribution is -0.116. The number of hydrogen-bond donors (Lipinski definition) is 2. The van der Waals surface area contributed by atoms with Gasteiger partial charge >= 0.3 is 0 Å². The van der Waals surface area contributed by atoms with E-state index in [9.17, 15) is 4.79 Å². The van der Waals surface area contributed by atoms with Gasteiger partial charge in [-0.25, -0.2) is 0 Å². The molecule has 3 N–H and O–H groups in total. The average Bonchev–Trinajstić information content (AvgIpc) is 2.44. The number of carbonyl (C=O) groups is 1. The Balaban J connectivity index is 1.99. The van der Waals surface area contributed by atoms with Crippen molar-refractivity contribution in [2.45, 2.75) is 19.8 Å². The Morgan fingerprint density at radius 3 is 2.76 bits per heavy atom. The molecule has 0 aromatic heterocycles. The monoisotopic (exact) mass is 366 g/mol. The van der Waals surface area contributed by atoms with Crippen LogP contribution in [0.15, 0.2) is 40.9 Å². The predicted molar refractivity (Wildman–Crippen MR) is 91.7 cm³/mol. The predicted octanol–water partition coefficient (Wildman–Crippen LogP) is 4.56. The number of hydrogen-bond acceptors (Lipinski definition) is 2. The zero-order valence-corrected chi connectivity index (χ0v) is 14.0. The van der Waals surface area contributed by atoms with E-state index in [2.05, 4.69) is 21.2 Å². The van der Waals surface area contributed by atoms with E-state index in [0.29, 0.717) is 29.2 Å². The van der Waals surface area contributed by atoms with Gasteiger partial charge in [0.05, 0.1) is 5.69 Å². The van der Waals surface area contributed by atoms with E-state index in [0.717, 1.165) is 15.6 Å². The Bertz CT molecular complexity index is 673. The van der Waals surface area contributed by atoms with Crippen LogP contribution in [-0.4, -0.2) is 5.91 Å². The van der Waals surface area contributed by atoms with E-state index in [1.54, 1.807) is 6.07 Å². The summed E-state index contributed by atoms with van der Waals surface area (Å²) in [7, 11) is 0. The summed E-state index contributed by atoms with van der Waals surface area (Å²) in [5.41, 5.74) is 9.19. The van der Waals surface area contributed by atoms with Crippen LogP contribution in [0.2, 0.25) is 5.02 Å². The summed E-state index contributed by atoms with van der Waals surface area (Å²) in [6, 6.07) is 11.2. The number of aryl methyl sites for hydroxylation is 2. The molecule has 0 atom stereocenters. The topological polar surface area (TPSA) is 55.1 Å². The molecule has 0 spiro atoms. The first-order valence-electron chi connectivity index (χ1n) is 6.56. The van der Waals surface area contributed by atoms with E-state index >= 15 is 0 Å². The molecule has 0 radical (unpaired) electrons. The molecule has 110 valence electrons. The van der Waals surface area contributed by atoms with E-state index in [1.807, 2.05) is 37.3 Å². The van der Waals surface area contributed by atoms with Crippen LogP contribution >= 0.6 is 27.5 Å². The maximum Gasteiger partial charge on any atom is 0.224 e. The number of anilines is 2. The summed E-state index contributed by atoms with van der Waals surface area (Å²) < 4.78 is 0.817. The van der Waals surface area contributed by atoms with E-state index in [-0.39, 0.29) is 5.91 Å². The fourth-order valence-electron chi connectivity index (χ4n) is 1.96. The minimum absolute atomic E-state index is 0.0705. The second-order valence-corrected chi connectivity index (χ2v) is 6.09. The summed E-state index contributed by atoms with van der Waals surface area (Å²) >= 11 is 9.50. The van der Waals surface area contributed by atoms with Crippen LogP contribution in [0.5, 0.6) is 0 Å². The van der Waals surface area contributed by atoms with Crippen LogP contribution < -0.4 is 11.1 Å². The molecule has 2 aromatic carbocycles. The Kier molecular flexibility index (Phi) is 5.26. The molecule has 2 aromatic rings. The fourth-order valence-corrected chi connectivity index (χ4v) is 2.69. The van der Waals surface area contributed by atoms with Crippen molar-refractivity contribution < 1.29 is 4.79 Å². The zero-order chi connectivity index (χ0) is 15.4. The number of amides is 1. The lowest BCUT2D eigenvalue weighted by Gasteiger charge is -2.10. The molecule has 0 aliphatic rings. The van der Waals surface area contributed by atoms with E-state index in [4.69, 9.17) is 17.3 Å². The molecule has 0 aliphatic heterocycles. The highest BCUT2D eigenvalue weighted by Gasteiger charge is 2.09. The molecular formula is C16H16BrClN2O. The Morgan fingerprint density at radius 1 is 1.33 bits per heavy atom. The number of rotatable bonds is 4. The van der Waals surface area contributed by atoms with Gasteiger partial charge < -0.3 is 11.1 Å². The van der Waals surface area contributed by atoms with Crippen molar-refractivity contribution in [2.24, 2.45) is 0 Å². The smallest absolute Gasteiger partial charge is 0.224 e. The summed E-state index contributed by atoms with van der Waals surface area (Å²) in [6.45, 7) is 1.91. The quantitative estimate of drug-likeness (QED) is 0.778. The number of halogens is 2. The first-order chi connectivity index (χ1) is 9.97. The van der Waals surface area contributed by atoms with Crippen LogP contribution in [-0.2, 0) is 11.2 Å². The van der Waals surface area contributed by atoms with Crippen LogP contribution in [0, 0.1) is 6.92 Å². The van der Waals surface area contributed by atoms with Gasteiger partial charge in [0.25, 0.3) is 0 Å². The molecule has 0 heterocycles. The lowest BCUT2D eigenvalue weighted by atomic mass is 10.1. The summed E-state index contributed by atoms with van der Waals surface area (Å²) in [5.74, 6) is -0.0705. The highest BCUT2D eigenvalue weighted by Crippen LogP contribution is 2.29. The van der Waals surface area contributed by atoms with Crippen LogP contribution in [0.25, 0.3) is 0 Å². The van der Waals surface area contributed by atoms with Crippen molar-refractivity contribution in [2.75, 3.05) is 11.1 Å². The molecule has 0 saturated carbocycles. The zero-order valence-electron chi connectivity index (χ0n) is 11.6. The van der Waals surface area contributed by atoms with Crippen molar-refractivity contribution in [3.05, 3.63) is 57.0 Å². The van der Waals surface area contributed by atoms with Gasteiger partial charge in [-0.05, 0) is 58.6 Å². The molecule has 3 nitrogen and oxygen atoms in total. The molecule has 0 saturated heterocycles. The molecule has 0 bridgehead atoms. The maximum atomic E-state index is 12.0.